The molecule has 1 aromatic heterocycles. The van der Waals surface area contributed by atoms with Gasteiger partial charge in [0.1, 0.15) is 12.0 Å². The predicted octanol–water partition coefficient (Wildman–Crippen LogP) is 1.67. The minimum atomic E-state index is -3.50. The standard InChI is InChI=1S/C14H19N3O3S/c1-10(15)7-8-16-21(18,19)13-5-3-12(4-6-13)14-9-20-11(2)17-14/h3-6,9-10,16H,7-8,15H2,1-2H3. The van der Waals surface area contributed by atoms with Crippen LogP contribution in [-0.4, -0.2) is 26.0 Å². The van der Waals surface area contributed by atoms with E-state index >= 15 is 0 Å². The molecule has 3 N–H and O–H groups in total. The zero-order chi connectivity index (χ0) is 15.5. The van der Waals surface area contributed by atoms with Gasteiger partial charge in [-0.05, 0) is 25.5 Å². The Kier molecular flexibility index (Phi) is 4.76. The molecule has 0 fully saturated rings. The molecule has 0 radical (unpaired) electrons. The lowest BCUT2D eigenvalue weighted by Crippen LogP contribution is -2.29. The highest BCUT2D eigenvalue weighted by atomic mass is 32.2. The van der Waals surface area contributed by atoms with E-state index < -0.39 is 10.0 Å². The van der Waals surface area contributed by atoms with Gasteiger partial charge in [-0.1, -0.05) is 12.1 Å². The topological polar surface area (TPSA) is 98.2 Å². The molecule has 1 aromatic carbocycles. The molecule has 1 atom stereocenters. The minimum Gasteiger partial charge on any atom is -0.449 e. The number of hydrogen-bond donors (Lipinski definition) is 2. The minimum absolute atomic E-state index is 0.0366. The number of aryl methyl sites for hydroxylation is 1. The highest BCUT2D eigenvalue weighted by molar-refractivity contribution is 7.89. The lowest BCUT2D eigenvalue weighted by molar-refractivity contribution is 0.521. The van der Waals surface area contributed by atoms with Gasteiger partial charge in [0.25, 0.3) is 0 Å². The van der Waals surface area contributed by atoms with Gasteiger partial charge in [-0.25, -0.2) is 18.1 Å². The van der Waals surface area contributed by atoms with Crippen molar-refractivity contribution >= 4 is 10.0 Å². The van der Waals surface area contributed by atoms with Crippen LogP contribution >= 0.6 is 0 Å². The zero-order valence-corrected chi connectivity index (χ0v) is 12.9. The van der Waals surface area contributed by atoms with Gasteiger partial charge >= 0.3 is 0 Å². The molecular weight excluding hydrogens is 290 g/mol. The molecule has 1 unspecified atom stereocenters. The molecule has 2 aromatic rings. The van der Waals surface area contributed by atoms with E-state index in [2.05, 4.69) is 9.71 Å². The van der Waals surface area contributed by atoms with Gasteiger partial charge in [0.2, 0.25) is 10.0 Å². The predicted molar refractivity (Wildman–Crippen MR) is 80.1 cm³/mol. The highest BCUT2D eigenvalue weighted by Crippen LogP contribution is 2.20. The molecule has 7 heteroatoms. The number of sulfonamides is 1. The Balaban J connectivity index is 2.11. The number of nitrogens with two attached hydrogens (primary N) is 1. The van der Waals surface area contributed by atoms with Gasteiger partial charge in [0, 0.05) is 25.1 Å². The van der Waals surface area contributed by atoms with Crippen molar-refractivity contribution in [2.24, 2.45) is 5.73 Å². The number of aromatic nitrogens is 1. The molecule has 6 nitrogen and oxygen atoms in total. The Morgan fingerprint density at radius 1 is 1.33 bits per heavy atom. The van der Waals surface area contributed by atoms with E-state index in [9.17, 15) is 8.42 Å². The van der Waals surface area contributed by atoms with E-state index in [1.807, 2.05) is 6.92 Å². The number of rotatable bonds is 6. The monoisotopic (exact) mass is 309 g/mol. The molecule has 0 aliphatic rings. The smallest absolute Gasteiger partial charge is 0.240 e. The molecule has 0 saturated carbocycles. The van der Waals surface area contributed by atoms with Crippen molar-refractivity contribution in [1.82, 2.24) is 9.71 Å². The quantitative estimate of drug-likeness (QED) is 0.845. The van der Waals surface area contributed by atoms with Gasteiger partial charge < -0.3 is 10.2 Å². The first-order chi connectivity index (χ1) is 9.88. The summed E-state index contributed by atoms with van der Waals surface area (Å²) in [5.74, 6) is 0.569. The fourth-order valence-electron chi connectivity index (χ4n) is 1.81. The number of oxazole rings is 1. The van der Waals surface area contributed by atoms with Crippen molar-refractivity contribution in [2.75, 3.05) is 6.54 Å². The third-order valence-electron chi connectivity index (χ3n) is 2.97. The second kappa shape index (κ2) is 6.38. The van der Waals surface area contributed by atoms with Crippen LogP contribution in [0, 0.1) is 6.92 Å². The van der Waals surface area contributed by atoms with Crippen LogP contribution in [0.2, 0.25) is 0 Å². The first-order valence-corrected chi connectivity index (χ1v) is 8.14. The molecule has 21 heavy (non-hydrogen) atoms. The van der Waals surface area contributed by atoms with Crippen LogP contribution in [0.1, 0.15) is 19.2 Å². The lowest BCUT2D eigenvalue weighted by atomic mass is 10.2. The summed E-state index contributed by atoms with van der Waals surface area (Å²) in [6.07, 6.45) is 2.13. The maximum Gasteiger partial charge on any atom is 0.240 e. The summed E-state index contributed by atoms with van der Waals surface area (Å²) in [5.41, 5.74) is 7.08. The van der Waals surface area contributed by atoms with Crippen LogP contribution in [-0.2, 0) is 10.0 Å². The summed E-state index contributed by atoms with van der Waals surface area (Å²) in [7, 11) is -3.50. The highest BCUT2D eigenvalue weighted by Gasteiger charge is 2.14. The number of benzene rings is 1. The Morgan fingerprint density at radius 2 is 2.00 bits per heavy atom. The van der Waals surface area contributed by atoms with Crippen LogP contribution in [0.5, 0.6) is 0 Å². The Hall–Kier alpha value is -1.70. The first kappa shape index (κ1) is 15.7. The van der Waals surface area contributed by atoms with Crippen molar-refractivity contribution in [3.63, 3.8) is 0 Å². The molecule has 0 spiro atoms. The Labute approximate surface area is 124 Å². The van der Waals surface area contributed by atoms with Crippen molar-refractivity contribution in [3.8, 4) is 11.3 Å². The number of nitrogens with zero attached hydrogens (tertiary/aromatic N) is 1. The maximum absolute atomic E-state index is 12.1. The average molecular weight is 309 g/mol. The maximum atomic E-state index is 12.1. The first-order valence-electron chi connectivity index (χ1n) is 6.66. The molecule has 0 saturated heterocycles. The van der Waals surface area contributed by atoms with Crippen LogP contribution in [0.25, 0.3) is 11.3 Å². The Bertz CT molecular complexity index is 691. The SMILES string of the molecule is Cc1nc(-c2ccc(S(=O)(=O)NCCC(C)N)cc2)co1. The number of hydrogen-bond acceptors (Lipinski definition) is 5. The molecular formula is C14H19N3O3S. The molecule has 0 amide bonds. The van der Waals surface area contributed by atoms with Crippen LogP contribution in [0.4, 0.5) is 0 Å². The van der Waals surface area contributed by atoms with Gasteiger partial charge in [-0.3, -0.25) is 0 Å². The van der Waals surface area contributed by atoms with Crippen LogP contribution in [0.3, 0.4) is 0 Å². The fraction of sp³-hybridized carbons (Fsp3) is 0.357. The molecule has 0 aliphatic carbocycles. The van der Waals surface area contributed by atoms with Gasteiger partial charge in [0.15, 0.2) is 5.89 Å². The second-order valence-corrected chi connectivity index (χ2v) is 6.71. The molecule has 0 aliphatic heterocycles. The van der Waals surface area contributed by atoms with Crippen molar-refractivity contribution in [3.05, 3.63) is 36.4 Å². The molecule has 1 heterocycles. The Morgan fingerprint density at radius 3 is 2.52 bits per heavy atom. The van der Waals surface area contributed by atoms with Gasteiger partial charge in [0.05, 0.1) is 4.90 Å². The largest absolute Gasteiger partial charge is 0.449 e. The van der Waals surface area contributed by atoms with Gasteiger partial charge in [-0.15, -0.1) is 0 Å². The van der Waals surface area contributed by atoms with Crippen molar-refractivity contribution < 1.29 is 12.8 Å². The van der Waals surface area contributed by atoms with Crippen molar-refractivity contribution in [2.45, 2.75) is 31.2 Å². The van der Waals surface area contributed by atoms with Crippen LogP contribution < -0.4 is 10.5 Å². The summed E-state index contributed by atoms with van der Waals surface area (Å²) >= 11 is 0. The van der Waals surface area contributed by atoms with E-state index in [0.29, 0.717) is 24.6 Å². The van der Waals surface area contributed by atoms with E-state index in [1.165, 1.54) is 0 Å². The van der Waals surface area contributed by atoms with E-state index in [-0.39, 0.29) is 10.9 Å². The fourth-order valence-corrected chi connectivity index (χ4v) is 2.85. The lowest BCUT2D eigenvalue weighted by Gasteiger charge is -2.08. The van der Waals surface area contributed by atoms with Crippen LogP contribution in [0.15, 0.2) is 39.8 Å². The summed E-state index contributed by atoms with van der Waals surface area (Å²) in [6, 6.07) is 6.47. The molecule has 0 bridgehead atoms. The summed E-state index contributed by atoms with van der Waals surface area (Å²) in [6.45, 7) is 3.91. The third kappa shape index (κ3) is 4.13. The van der Waals surface area contributed by atoms with E-state index in [0.717, 1.165) is 5.56 Å². The summed E-state index contributed by atoms with van der Waals surface area (Å²) in [5, 5.41) is 0. The summed E-state index contributed by atoms with van der Waals surface area (Å²) < 4.78 is 31.8. The third-order valence-corrected chi connectivity index (χ3v) is 4.45. The van der Waals surface area contributed by atoms with Gasteiger partial charge in [-0.2, -0.15) is 0 Å². The number of nitrogens with one attached hydrogen (secondary N) is 1. The zero-order valence-electron chi connectivity index (χ0n) is 12.0. The van der Waals surface area contributed by atoms with E-state index in [1.54, 1.807) is 37.5 Å². The molecule has 2 rings (SSSR count). The second-order valence-electron chi connectivity index (χ2n) is 4.94. The average Bonchev–Trinajstić information content (AvgIpc) is 2.85. The van der Waals surface area contributed by atoms with Crippen molar-refractivity contribution in [1.29, 1.82) is 0 Å². The normalized spacial score (nSPS) is 13.3. The summed E-state index contributed by atoms with van der Waals surface area (Å²) in [4.78, 5) is 4.41. The molecule has 114 valence electrons. The van der Waals surface area contributed by atoms with E-state index in [4.69, 9.17) is 10.2 Å².